The van der Waals surface area contributed by atoms with Gasteiger partial charge in [0.1, 0.15) is 4.88 Å². The van der Waals surface area contributed by atoms with Gasteiger partial charge in [0.15, 0.2) is 6.61 Å². The number of urea groups is 1. The Bertz CT molecular complexity index is 958. The first-order chi connectivity index (χ1) is 11.9. The second-order valence-electron chi connectivity index (χ2n) is 5.65. The van der Waals surface area contributed by atoms with Crippen molar-refractivity contribution in [3.05, 3.63) is 35.2 Å². The summed E-state index contributed by atoms with van der Waals surface area (Å²) in [5, 5.41) is 5.73. The Kier molecular flexibility index (Phi) is 5.00. The van der Waals surface area contributed by atoms with E-state index in [0.29, 0.717) is 4.88 Å². The Morgan fingerprint density at radius 2 is 1.88 bits per heavy atom. The van der Waals surface area contributed by atoms with Crippen LogP contribution in [0, 0.1) is 0 Å². The van der Waals surface area contributed by atoms with E-state index in [4.69, 9.17) is 4.74 Å². The van der Waals surface area contributed by atoms with Gasteiger partial charge in [-0.25, -0.2) is 9.59 Å². The third-order valence-corrected chi connectivity index (χ3v) is 5.65. The summed E-state index contributed by atoms with van der Waals surface area (Å²) in [6.45, 7) is 3.04. The maximum absolute atomic E-state index is 12.1. The zero-order chi connectivity index (χ0) is 18.0. The smallest absolute Gasteiger partial charge is 0.348 e. The molecular weight excluding hydrogens is 360 g/mol. The highest BCUT2D eigenvalue weighted by atomic mass is 32.1. The molecule has 3 amide bonds. The summed E-state index contributed by atoms with van der Waals surface area (Å²) in [5.41, 5.74) is 0. The fraction of sp³-hybridized carbons (Fsp3) is 0.235. The molecule has 3 aromatic rings. The van der Waals surface area contributed by atoms with E-state index in [9.17, 15) is 14.4 Å². The average Bonchev–Trinajstić information content (AvgIpc) is 3.09. The van der Waals surface area contributed by atoms with Crippen LogP contribution >= 0.6 is 22.7 Å². The highest BCUT2D eigenvalue weighted by Crippen LogP contribution is 2.39. The van der Waals surface area contributed by atoms with Crippen molar-refractivity contribution < 1.29 is 19.1 Å². The predicted octanol–water partition coefficient (Wildman–Crippen LogP) is 3.51. The fourth-order valence-corrected chi connectivity index (χ4v) is 4.68. The first-order valence-electron chi connectivity index (χ1n) is 7.62. The zero-order valence-corrected chi connectivity index (χ0v) is 15.3. The molecule has 0 spiro atoms. The Hall–Kier alpha value is -2.45. The number of benzene rings is 1. The molecule has 6 nitrogen and oxygen atoms in total. The van der Waals surface area contributed by atoms with Crippen LogP contribution in [0.2, 0.25) is 0 Å². The number of fused-ring (bicyclic) bond motifs is 3. The maximum Gasteiger partial charge on any atom is 0.348 e. The average molecular weight is 376 g/mol. The van der Waals surface area contributed by atoms with Crippen LogP contribution in [0.5, 0.6) is 0 Å². The van der Waals surface area contributed by atoms with Crippen molar-refractivity contribution in [2.45, 2.75) is 19.9 Å². The Morgan fingerprint density at radius 3 is 2.64 bits per heavy atom. The standard InChI is InChI=1S/C17H16N2O4S2/c1-9(2)18-17(22)19-14(20)8-23-16(21)13-7-12-15(25-13)10-5-3-4-6-11(10)24-12/h3-7,9H,8H2,1-2H3,(H2,18,19,20,22). The van der Waals surface area contributed by atoms with E-state index >= 15 is 0 Å². The normalized spacial score (nSPS) is 11.0. The van der Waals surface area contributed by atoms with E-state index in [0.717, 1.165) is 14.8 Å². The van der Waals surface area contributed by atoms with Gasteiger partial charge in [-0.3, -0.25) is 10.1 Å². The number of rotatable bonds is 4. The van der Waals surface area contributed by atoms with E-state index in [1.54, 1.807) is 31.3 Å². The lowest BCUT2D eigenvalue weighted by Gasteiger charge is -2.09. The minimum absolute atomic E-state index is 0.0933. The molecule has 2 aromatic heterocycles. The molecule has 2 N–H and O–H groups in total. The highest BCUT2D eigenvalue weighted by molar-refractivity contribution is 7.33. The van der Waals surface area contributed by atoms with Gasteiger partial charge in [-0.15, -0.1) is 22.7 Å². The SMILES string of the molecule is CC(C)NC(=O)NC(=O)COC(=O)c1cc2sc3ccccc3c2s1. The first kappa shape index (κ1) is 17.4. The number of amides is 3. The van der Waals surface area contributed by atoms with Gasteiger partial charge in [-0.2, -0.15) is 0 Å². The molecule has 0 bridgehead atoms. The number of hydrogen-bond acceptors (Lipinski definition) is 6. The van der Waals surface area contributed by atoms with Crippen molar-refractivity contribution in [3.63, 3.8) is 0 Å². The van der Waals surface area contributed by atoms with Crippen LogP contribution in [0.15, 0.2) is 30.3 Å². The summed E-state index contributed by atoms with van der Waals surface area (Å²) in [5.74, 6) is -1.24. The third kappa shape index (κ3) is 3.97. The van der Waals surface area contributed by atoms with E-state index in [1.807, 2.05) is 24.3 Å². The van der Waals surface area contributed by atoms with Gasteiger partial charge in [0.25, 0.3) is 5.91 Å². The van der Waals surface area contributed by atoms with Gasteiger partial charge < -0.3 is 10.1 Å². The number of ether oxygens (including phenoxy) is 1. The lowest BCUT2D eigenvalue weighted by molar-refractivity contribution is -0.123. The third-order valence-electron chi connectivity index (χ3n) is 3.26. The van der Waals surface area contributed by atoms with Gasteiger partial charge in [0.05, 0.1) is 4.70 Å². The molecule has 130 valence electrons. The van der Waals surface area contributed by atoms with Crippen molar-refractivity contribution in [2.75, 3.05) is 6.61 Å². The van der Waals surface area contributed by atoms with Crippen LogP contribution < -0.4 is 10.6 Å². The van der Waals surface area contributed by atoms with Gasteiger partial charge in [0.2, 0.25) is 0 Å². The van der Waals surface area contributed by atoms with E-state index in [-0.39, 0.29) is 6.04 Å². The van der Waals surface area contributed by atoms with Crippen molar-refractivity contribution in [3.8, 4) is 0 Å². The van der Waals surface area contributed by atoms with Gasteiger partial charge >= 0.3 is 12.0 Å². The molecule has 3 rings (SSSR count). The maximum atomic E-state index is 12.1. The molecular formula is C17H16N2O4S2. The number of hydrogen-bond donors (Lipinski definition) is 2. The van der Waals surface area contributed by atoms with Gasteiger partial charge in [0, 0.05) is 20.8 Å². The first-order valence-corrected chi connectivity index (χ1v) is 9.26. The Morgan fingerprint density at radius 1 is 1.12 bits per heavy atom. The van der Waals surface area contributed by atoms with Gasteiger partial charge in [-0.1, -0.05) is 18.2 Å². The number of thiophene rings is 2. The van der Waals surface area contributed by atoms with Crippen LogP contribution in [0.4, 0.5) is 4.79 Å². The molecule has 0 aliphatic heterocycles. The van der Waals surface area contributed by atoms with Crippen LogP contribution in [-0.2, 0) is 9.53 Å². The number of esters is 1. The minimum Gasteiger partial charge on any atom is -0.451 e. The second-order valence-corrected chi connectivity index (χ2v) is 7.79. The zero-order valence-electron chi connectivity index (χ0n) is 13.6. The molecule has 2 heterocycles. The van der Waals surface area contributed by atoms with E-state index in [1.165, 1.54) is 16.0 Å². The summed E-state index contributed by atoms with van der Waals surface area (Å²) >= 11 is 2.95. The Labute approximate surface area is 151 Å². The van der Waals surface area contributed by atoms with E-state index < -0.39 is 24.5 Å². The van der Waals surface area contributed by atoms with Crippen molar-refractivity contribution in [1.82, 2.24) is 10.6 Å². The molecule has 0 atom stereocenters. The van der Waals surface area contributed by atoms with E-state index in [2.05, 4.69) is 10.6 Å². The molecule has 0 unspecified atom stereocenters. The fourth-order valence-electron chi connectivity index (χ4n) is 2.26. The van der Waals surface area contributed by atoms with Crippen molar-refractivity contribution >= 4 is 60.1 Å². The molecule has 0 aliphatic carbocycles. The van der Waals surface area contributed by atoms with Crippen LogP contribution in [-0.4, -0.2) is 30.6 Å². The molecule has 0 saturated carbocycles. The highest BCUT2D eigenvalue weighted by Gasteiger charge is 2.17. The predicted molar refractivity (Wildman–Crippen MR) is 99.3 cm³/mol. The van der Waals surface area contributed by atoms with Crippen LogP contribution in [0.3, 0.4) is 0 Å². The summed E-state index contributed by atoms with van der Waals surface area (Å²) in [4.78, 5) is 35.6. The molecule has 8 heteroatoms. The largest absolute Gasteiger partial charge is 0.451 e. The quantitative estimate of drug-likeness (QED) is 0.683. The van der Waals surface area contributed by atoms with Gasteiger partial charge in [-0.05, 0) is 26.0 Å². The lowest BCUT2D eigenvalue weighted by atomic mass is 10.2. The number of imide groups is 1. The Balaban J connectivity index is 1.62. The monoisotopic (exact) mass is 376 g/mol. The molecule has 1 aromatic carbocycles. The molecule has 0 radical (unpaired) electrons. The summed E-state index contributed by atoms with van der Waals surface area (Å²) in [7, 11) is 0. The molecule has 0 aliphatic rings. The second kappa shape index (κ2) is 7.20. The van der Waals surface area contributed by atoms with Crippen LogP contribution in [0.1, 0.15) is 23.5 Å². The summed E-state index contributed by atoms with van der Waals surface area (Å²) in [6.07, 6.45) is 0. The lowest BCUT2D eigenvalue weighted by Crippen LogP contribution is -2.44. The number of carbonyl (C=O) groups is 3. The molecule has 0 fully saturated rings. The topological polar surface area (TPSA) is 84.5 Å². The van der Waals surface area contributed by atoms with Crippen molar-refractivity contribution in [1.29, 1.82) is 0 Å². The van der Waals surface area contributed by atoms with Crippen LogP contribution in [0.25, 0.3) is 19.5 Å². The number of nitrogens with one attached hydrogen (secondary N) is 2. The summed E-state index contributed by atoms with van der Waals surface area (Å²) in [6, 6.07) is 9.06. The molecule has 0 saturated heterocycles. The summed E-state index contributed by atoms with van der Waals surface area (Å²) < 4.78 is 8.21. The number of carbonyl (C=O) groups excluding carboxylic acids is 3. The molecule has 25 heavy (non-hydrogen) atoms. The van der Waals surface area contributed by atoms with Crippen molar-refractivity contribution in [2.24, 2.45) is 0 Å². The minimum atomic E-state index is -0.671.